The maximum atomic E-state index is 12.9. The molecular weight excluding hydrogens is 425 g/mol. The molecule has 3 aromatic rings. The lowest BCUT2D eigenvalue weighted by Crippen LogP contribution is -2.33. The number of aromatic nitrogens is 3. The summed E-state index contributed by atoms with van der Waals surface area (Å²) in [6.07, 6.45) is -2.77. The van der Waals surface area contributed by atoms with E-state index in [1.165, 1.54) is 19.2 Å². The van der Waals surface area contributed by atoms with Crippen LogP contribution in [-0.2, 0) is 24.1 Å². The third-order valence-corrected chi connectivity index (χ3v) is 5.17. The van der Waals surface area contributed by atoms with Crippen LogP contribution in [0.5, 0.6) is 5.75 Å². The highest BCUT2D eigenvalue weighted by atomic mass is 19.4. The Labute approximate surface area is 181 Å². The maximum absolute atomic E-state index is 12.9. The molecule has 4 rings (SSSR count). The number of halogens is 3. The second-order valence-electron chi connectivity index (χ2n) is 7.54. The van der Waals surface area contributed by atoms with Crippen molar-refractivity contribution < 1.29 is 22.7 Å². The van der Waals surface area contributed by atoms with Gasteiger partial charge in [0.2, 0.25) is 5.91 Å². The lowest BCUT2D eigenvalue weighted by atomic mass is 10.1. The molecule has 1 aliphatic rings. The fraction of sp³-hybridized carbons (Fsp3) is 0.318. The van der Waals surface area contributed by atoms with Crippen LogP contribution in [-0.4, -0.2) is 27.4 Å². The minimum atomic E-state index is -4.46. The number of amides is 1. The van der Waals surface area contributed by atoms with Crippen molar-refractivity contribution in [3.8, 4) is 17.1 Å². The van der Waals surface area contributed by atoms with Crippen LogP contribution in [0.3, 0.4) is 0 Å². The minimum absolute atomic E-state index is 0.0179. The van der Waals surface area contributed by atoms with Gasteiger partial charge in [-0.1, -0.05) is 24.3 Å². The largest absolute Gasteiger partial charge is 0.496 e. The van der Waals surface area contributed by atoms with Gasteiger partial charge in [-0.2, -0.15) is 13.2 Å². The highest BCUT2D eigenvalue weighted by Crippen LogP contribution is 2.38. The molecule has 1 amide bonds. The Hall–Kier alpha value is -3.56. The molecule has 0 saturated heterocycles. The average molecular weight is 446 g/mol. The first kappa shape index (κ1) is 21.7. The van der Waals surface area contributed by atoms with Crippen LogP contribution in [0.15, 0.2) is 53.3 Å². The molecule has 168 valence electrons. The smallest absolute Gasteiger partial charge is 0.416 e. The van der Waals surface area contributed by atoms with Crippen molar-refractivity contribution >= 4 is 5.91 Å². The van der Waals surface area contributed by atoms with Crippen LogP contribution in [0, 0.1) is 0 Å². The van der Waals surface area contributed by atoms with Crippen LogP contribution in [0.25, 0.3) is 11.4 Å². The summed E-state index contributed by atoms with van der Waals surface area (Å²) in [5, 5.41) is 6.92. The van der Waals surface area contributed by atoms with E-state index < -0.39 is 23.3 Å². The quantitative estimate of drug-likeness (QED) is 0.604. The minimum Gasteiger partial charge on any atom is -0.496 e. The Morgan fingerprint density at radius 3 is 2.62 bits per heavy atom. The van der Waals surface area contributed by atoms with Crippen LogP contribution in [0.4, 0.5) is 13.2 Å². The molecule has 32 heavy (non-hydrogen) atoms. The Bertz CT molecular complexity index is 1200. The van der Waals surface area contributed by atoms with Gasteiger partial charge >= 0.3 is 11.9 Å². The predicted molar refractivity (Wildman–Crippen MR) is 110 cm³/mol. The number of benzene rings is 2. The molecule has 1 aromatic heterocycles. The number of para-hydroxylation sites is 1. The van der Waals surface area contributed by atoms with Gasteiger partial charge in [-0.15, -0.1) is 5.10 Å². The lowest BCUT2D eigenvalue weighted by Gasteiger charge is -2.09. The van der Waals surface area contributed by atoms with Gasteiger partial charge in [-0.05, 0) is 42.7 Å². The van der Waals surface area contributed by atoms with Crippen molar-refractivity contribution in [3.05, 3.63) is 70.1 Å². The monoisotopic (exact) mass is 446 g/mol. The molecule has 1 heterocycles. The Morgan fingerprint density at radius 1 is 1.19 bits per heavy atom. The molecule has 1 fully saturated rings. The van der Waals surface area contributed by atoms with Crippen LogP contribution in [0.1, 0.15) is 30.0 Å². The van der Waals surface area contributed by atoms with E-state index >= 15 is 0 Å². The van der Waals surface area contributed by atoms with Gasteiger partial charge in [-0.3, -0.25) is 9.36 Å². The normalized spacial score (nSPS) is 13.8. The molecular formula is C22H21F3N4O3. The number of methoxy groups -OCH3 is 1. The van der Waals surface area contributed by atoms with E-state index in [1.807, 2.05) is 0 Å². The summed E-state index contributed by atoms with van der Waals surface area (Å²) in [6.45, 7) is -0.445. The number of hydrogen-bond acceptors (Lipinski definition) is 4. The van der Waals surface area contributed by atoms with Crippen molar-refractivity contribution in [1.29, 1.82) is 0 Å². The van der Waals surface area contributed by atoms with E-state index in [0.29, 0.717) is 22.7 Å². The van der Waals surface area contributed by atoms with Gasteiger partial charge in [0.1, 0.15) is 12.3 Å². The second-order valence-corrected chi connectivity index (χ2v) is 7.54. The SMILES string of the molecule is COc1ccccc1-c1nn(CC(=O)NCc2cccc(C(F)(F)F)c2)c(=O)n1C1CC1. The standard InChI is InChI=1S/C22H21F3N4O3/c1-32-18-8-3-2-7-17(18)20-27-28(21(31)29(20)16-9-10-16)13-19(30)26-12-14-5-4-6-15(11-14)22(23,24)25/h2-8,11,16H,9-10,12-13H2,1H3,(H,26,30). The molecule has 1 saturated carbocycles. The number of rotatable bonds is 7. The first-order valence-corrected chi connectivity index (χ1v) is 10.0. The van der Waals surface area contributed by atoms with Gasteiger partial charge in [-0.25, -0.2) is 9.48 Å². The van der Waals surface area contributed by atoms with Crippen molar-refractivity contribution in [3.63, 3.8) is 0 Å². The average Bonchev–Trinajstić information content (AvgIpc) is 3.56. The molecule has 0 bridgehead atoms. The number of hydrogen-bond donors (Lipinski definition) is 1. The van der Waals surface area contributed by atoms with Crippen molar-refractivity contribution in [2.45, 2.75) is 38.1 Å². The summed E-state index contributed by atoms with van der Waals surface area (Å²) < 4.78 is 46.6. The first-order chi connectivity index (χ1) is 15.3. The molecule has 7 nitrogen and oxygen atoms in total. The highest BCUT2D eigenvalue weighted by molar-refractivity contribution is 5.75. The molecule has 0 unspecified atom stereocenters. The Morgan fingerprint density at radius 2 is 1.94 bits per heavy atom. The molecule has 0 atom stereocenters. The van der Waals surface area contributed by atoms with Crippen molar-refractivity contribution in [2.24, 2.45) is 0 Å². The molecule has 0 radical (unpaired) electrons. The number of alkyl halides is 3. The third kappa shape index (κ3) is 4.53. The zero-order valence-electron chi connectivity index (χ0n) is 17.2. The summed E-state index contributed by atoms with van der Waals surface area (Å²) in [6, 6.07) is 11.9. The van der Waals surface area contributed by atoms with Crippen LogP contribution in [0.2, 0.25) is 0 Å². The van der Waals surface area contributed by atoms with E-state index in [4.69, 9.17) is 4.74 Å². The first-order valence-electron chi connectivity index (χ1n) is 10.0. The fourth-order valence-corrected chi connectivity index (χ4v) is 3.45. The molecule has 0 aliphatic heterocycles. The maximum Gasteiger partial charge on any atom is 0.416 e. The van der Waals surface area contributed by atoms with E-state index in [2.05, 4.69) is 10.4 Å². The molecule has 10 heteroatoms. The number of nitrogens with one attached hydrogen (secondary N) is 1. The zero-order valence-corrected chi connectivity index (χ0v) is 17.2. The summed E-state index contributed by atoms with van der Waals surface area (Å²) >= 11 is 0. The second kappa shape index (κ2) is 8.52. The van der Waals surface area contributed by atoms with Crippen LogP contribution < -0.4 is 15.7 Å². The number of ether oxygens (including phenoxy) is 1. The summed E-state index contributed by atoms with van der Waals surface area (Å²) in [5.74, 6) is 0.442. The summed E-state index contributed by atoms with van der Waals surface area (Å²) in [5.41, 5.74) is -0.256. The van der Waals surface area contributed by atoms with E-state index in [9.17, 15) is 22.8 Å². The fourth-order valence-electron chi connectivity index (χ4n) is 3.45. The van der Waals surface area contributed by atoms with Crippen molar-refractivity contribution in [2.75, 3.05) is 7.11 Å². The van der Waals surface area contributed by atoms with Gasteiger partial charge < -0.3 is 10.1 Å². The van der Waals surface area contributed by atoms with Crippen molar-refractivity contribution in [1.82, 2.24) is 19.7 Å². The van der Waals surface area contributed by atoms with Gasteiger partial charge in [0.15, 0.2) is 5.82 Å². The predicted octanol–water partition coefficient (Wildman–Crippen LogP) is 3.39. The molecule has 0 spiro atoms. The van der Waals surface area contributed by atoms with E-state index in [0.717, 1.165) is 29.7 Å². The van der Waals surface area contributed by atoms with Gasteiger partial charge in [0, 0.05) is 12.6 Å². The number of carbonyl (C=O) groups excluding carboxylic acids is 1. The highest BCUT2D eigenvalue weighted by Gasteiger charge is 2.32. The Balaban J connectivity index is 1.53. The molecule has 1 N–H and O–H groups in total. The molecule has 2 aromatic carbocycles. The number of nitrogens with zero attached hydrogens (tertiary/aromatic N) is 3. The van der Waals surface area contributed by atoms with Gasteiger partial charge in [0.05, 0.1) is 18.2 Å². The van der Waals surface area contributed by atoms with Gasteiger partial charge in [0.25, 0.3) is 0 Å². The van der Waals surface area contributed by atoms with Crippen LogP contribution >= 0.6 is 0 Å². The summed E-state index contributed by atoms with van der Waals surface area (Å²) in [7, 11) is 1.52. The lowest BCUT2D eigenvalue weighted by molar-refractivity contribution is -0.137. The third-order valence-electron chi connectivity index (χ3n) is 5.17. The topological polar surface area (TPSA) is 78.2 Å². The summed E-state index contributed by atoms with van der Waals surface area (Å²) in [4.78, 5) is 25.3. The van der Waals surface area contributed by atoms with E-state index in [1.54, 1.807) is 28.8 Å². The zero-order chi connectivity index (χ0) is 22.9. The Kier molecular flexibility index (Phi) is 5.77. The molecule has 1 aliphatic carbocycles. The number of carbonyl (C=O) groups is 1. The van der Waals surface area contributed by atoms with E-state index in [-0.39, 0.29) is 19.1 Å².